The molecule has 6 bridgehead atoms. The molecular formula is C30H36O3. The minimum atomic E-state index is 0.188. The lowest BCUT2D eigenvalue weighted by Crippen LogP contribution is -2.69. The van der Waals surface area contributed by atoms with E-state index in [1.807, 2.05) is 0 Å². The van der Waals surface area contributed by atoms with E-state index in [-0.39, 0.29) is 22.3 Å². The summed E-state index contributed by atoms with van der Waals surface area (Å²) in [6.45, 7) is 3.67. The van der Waals surface area contributed by atoms with Crippen molar-refractivity contribution in [1.29, 1.82) is 0 Å². The average molecular weight is 445 g/mol. The van der Waals surface area contributed by atoms with E-state index in [9.17, 15) is 0 Å². The van der Waals surface area contributed by atoms with Gasteiger partial charge in [0.05, 0.1) is 13.7 Å². The van der Waals surface area contributed by atoms with Crippen molar-refractivity contribution in [2.45, 2.75) is 76.2 Å². The van der Waals surface area contributed by atoms with Crippen molar-refractivity contribution in [2.24, 2.45) is 39.9 Å². The zero-order valence-electron chi connectivity index (χ0n) is 20.1. The summed E-state index contributed by atoms with van der Waals surface area (Å²) in [7, 11) is 1.81. The lowest BCUT2D eigenvalue weighted by atomic mass is 9.35. The number of hydrogen-bond acceptors (Lipinski definition) is 3. The van der Waals surface area contributed by atoms with E-state index in [1.165, 1.54) is 57.8 Å². The van der Waals surface area contributed by atoms with Crippen LogP contribution in [0.5, 0.6) is 11.5 Å². The highest BCUT2D eigenvalue weighted by Crippen LogP contribution is 2.95. The smallest absolute Gasteiger partial charge is 0.165 e. The lowest BCUT2D eigenvalue weighted by Gasteiger charge is -2.68. The minimum Gasteiger partial charge on any atom is -0.493 e. The molecule has 8 aliphatic rings. The lowest BCUT2D eigenvalue weighted by molar-refractivity contribution is -0.179. The fourth-order valence-corrected chi connectivity index (χ4v) is 11.4. The van der Waals surface area contributed by atoms with Crippen molar-refractivity contribution in [3.05, 3.63) is 23.3 Å². The van der Waals surface area contributed by atoms with Crippen LogP contribution >= 0.6 is 0 Å². The molecule has 8 unspecified atom stereocenters. The van der Waals surface area contributed by atoms with Gasteiger partial charge in [-0.2, -0.15) is 0 Å². The number of ether oxygens (including phenoxy) is 3. The van der Waals surface area contributed by atoms with E-state index in [2.05, 4.69) is 25.0 Å². The van der Waals surface area contributed by atoms with Crippen molar-refractivity contribution in [3.63, 3.8) is 0 Å². The maximum atomic E-state index is 7.18. The Hall–Kier alpha value is -1.66. The maximum absolute atomic E-state index is 7.18. The Balaban J connectivity index is 1.33. The van der Waals surface area contributed by atoms with Crippen LogP contribution in [0.4, 0.5) is 0 Å². The Bertz CT molecular complexity index is 1100. The highest BCUT2D eigenvalue weighted by Gasteiger charge is 2.95. The van der Waals surface area contributed by atoms with Gasteiger partial charge in [-0.1, -0.05) is 31.8 Å². The van der Waals surface area contributed by atoms with Gasteiger partial charge in [0.2, 0.25) is 0 Å². The third-order valence-corrected chi connectivity index (χ3v) is 12.3. The summed E-state index contributed by atoms with van der Waals surface area (Å²) in [5, 5.41) is 0. The largest absolute Gasteiger partial charge is 0.493 e. The second kappa shape index (κ2) is 5.93. The highest BCUT2D eigenvalue weighted by molar-refractivity contribution is 5.65. The fraction of sp³-hybridized carbons (Fsp3) is 0.733. The van der Waals surface area contributed by atoms with Gasteiger partial charge < -0.3 is 14.2 Å². The number of methoxy groups -OCH3 is 1. The van der Waals surface area contributed by atoms with Crippen LogP contribution in [0.2, 0.25) is 0 Å². The predicted octanol–water partition coefficient (Wildman–Crippen LogP) is 5.53. The quantitative estimate of drug-likeness (QED) is 0.409. The van der Waals surface area contributed by atoms with Gasteiger partial charge in [-0.15, -0.1) is 6.42 Å². The Morgan fingerprint density at radius 1 is 1.24 bits per heavy atom. The van der Waals surface area contributed by atoms with Crippen LogP contribution in [-0.4, -0.2) is 26.4 Å². The van der Waals surface area contributed by atoms with E-state index >= 15 is 0 Å². The Labute approximate surface area is 197 Å². The number of benzene rings is 1. The van der Waals surface area contributed by atoms with Gasteiger partial charge in [-0.25, -0.2) is 0 Å². The SMILES string of the molecule is C#CCOCC12CC34CC1C2(CC)C1Oc2c(OC)ccc5c2C13CCC(CC1CC1)C4C5. The van der Waals surface area contributed by atoms with Gasteiger partial charge in [0.25, 0.3) is 0 Å². The standard InChI is InChI=1S/C30H36O3/c1-4-12-32-17-28-16-27-15-23(28)29(28,5-2)26-30(27)11-10-19(13-18-6-7-18)21(27)14-20-8-9-22(31-3)25(33-26)24(20)30/h1,8-9,18-19,21,23,26H,5-7,10-17H2,2-3H3. The summed E-state index contributed by atoms with van der Waals surface area (Å²) in [6, 6.07) is 4.58. The normalized spacial score (nSPS) is 48.6. The second-order valence-electron chi connectivity index (χ2n) is 12.7. The molecular weight excluding hydrogens is 408 g/mol. The van der Waals surface area contributed by atoms with Gasteiger partial charge in [-0.05, 0) is 85.7 Å². The molecule has 3 nitrogen and oxygen atoms in total. The third-order valence-electron chi connectivity index (χ3n) is 12.3. The minimum absolute atomic E-state index is 0.188. The molecule has 7 aliphatic carbocycles. The Morgan fingerprint density at radius 3 is 2.88 bits per heavy atom. The number of rotatable bonds is 7. The van der Waals surface area contributed by atoms with Crippen LogP contribution in [0.3, 0.4) is 0 Å². The molecule has 1 aromatic rings. The summed E-state index contributed by atoms with van der Waals surface area (Å²) in [5.41, 5.74) is 4.21. The third kappa shape index (κ3) is 1.86. The molecule has 3 heteroatoms. The summed E-state index contributed by atoms with van der Waals surface area (Å²) in [4.78, 5) is 0. The van der Waals surface area contributed by atoms with E-state index < -0.39 is 0 Å². The van der Waals surface area contributed by atoms with Crippen LogP contribution in [-0.2, 0) is 16.6 Å². The summed E-state index contributed by atoms with van der Waals surface area (Å²) in [6.07, 6.45) is 18.1. The molecule has 0 N–H and O–H groups in total. The summed E-state index contributed by atoms with van der Waals surface area (Å²) >= 11 is 0. The molecule has 0 radical (unpaired) electrons. The molecule has 6 saturated carbocycles. The molecule has 0 aromatic heterocycles. The van der Waals surface area contributed by atoms with Crippen LogP contribution in [0.25, 0.3) is 0 Å². The topological polar surface area (TPSA) is 27.7 Å². The molecule has 2 spiro atoms. The molecule has 1 aromatic carbocycles. The first-order chi connectivity index (χ1) is 16.1. The van der Waals surface area contributed by atoms with Gasteiger partial charge in [0, 0.05) is 21.8 Å². The van der Waals surface area contributed by atoms with E-state index in [0.717, 1.165) is 41.8 Å². The van der Waals surface area contributed by atoms with Crippen molar-refractivity contribution >= 4 is 0 Å². The number of hydrogen-bond donors (Lipinski definition) is 0. The predicted molar refractivity (Wildman–Crippen MR) is 126 cm³/mol. The Morgan fingerprint density at radius 2 is 2.12 bits per heavy atom. The van der Waals surface area contributed by atoms with Gasteiger partial charge in [-0.3, -0.25) is 0 Å². The monoisotopic (exact) mass is 444 g/mol. The highest BCUT2D eigenvalue weighted by atomic mass is 16.5. The van der Waals surface area contributed by atoms with E-state index in [1.54, 1.807) is 18.2 Å². The van der Waals surface area contributed by atoms with Gasteiger partial charge in [0.15, 0.2) is 11.5 Å². The molecule has 1 heterocycles. The number of terminal acetylenes is 1. The van der Waals surface area contributed by atoms with Crippen LogP contribution in [0.15, 0.2) is 12.1 Å². The molecule has 0 saturated heterocycles. The molecule has 8 atom stereocenters. The van der Waals surface area contributed by atoms with Gasteiger partial charge in [0.1, 0.15) is 12.7 Å². The van der Waals surface area contributed by atoms with Crippen molar-refractivity contribution in [1.82, 2.24) is 0 Å². The summed E-state index contributed by atoms with van der Waals surface area (Å²) < 4.78 is 19.2. The average Bonchev–Trinajstić information content (AvgIpc) is 3.65. The van der Waals surface area contributed by atoms with Crippen LogP contribution in [0, 0.1) is 52.3 Å². The molecule has 174 valence electrons. The van der Waals surface area contributed by atoms with Crippen molar-refractivity contribution < 1.29 is 14.2 Å². The maximum Gasteiger partial charge on any atom is 0.165 e. The molecule has 0 amide bonds. The fourth-order valence-electron chi connectivity index (χ4n) is 11.4. The molecule has 6 fully saturated rings. The van der Waals surface area contributed by atoms with Gasteiger partial charge >= 0.3 is 0 Å². The van der Waals surface area contributed by atoms with Crippen LogP contribution in [0.1, 0.15) is 69.4 Å². The van der Waals surface area contributed by atoms with Crippen molar-refractivity contribution in [2.75, 3.05) is 20.3 Å². The second-order valence-corrected chi connectivity index (χ2v) is 12.7. The van der Waals surface area contributed by atoms with E-state index in [0.29, 0.717) is 12.0 Å². The molecule has 9 rings (SSSR count). The molecule has 33 heavy (non-hydrogen) atoms. The first-order valence-electron chi connectivity index (χ1n) is 13.5. The Kier molecular flexibility index (Phi) is 3.53. The van der Waals surface area contributed by atoms with E-state index in [4.69, 9.17) is 20.6 Å². The zero-order valence-corrected chi connectivity index (χ0v) is 20.1. The summed E-state index contributed by atoms with van der Waals surface area (Å²) in [5.74, 6) is 8.19. The first kappa shape index (κ1) is 19.6. The first-order valence-corrected chi connectivity index (χ1v) is 13.5. The van der Waals surface area contributed by atoms with Crippen LogP contribution < -0.4 is 9.47 Å². The molecule has 1 aliphatic heterocycles. The van der Waals surface area contributed by atoms with Crippen molar-refractivity contribution in [3.8, 4) is 23.8 Å². The zero-order chi connectivity index (χ0) is 22.2.